The highest BCUT2D eigenvalue weighted by molar-refractivity contribution is 4.90. The first-order valence-corrected chi connectivity index (χ1v) is 7.09. The van der Waals surface area contributed by atoms with Gasteiger partial charge in [0.1, 0.15) is 0 Å². The normalized spacial score (nSPS) is 46.6. The lowest BCUT2D eigenvalue weighted by atomic mass is 9.57. The van der Waals surface area contributed by atoms with Crippen LogP contribution in [-0.4, -0.2) is 0 Å². The molecule has 0 aromatic rings. The summed E-state index contributed by atoms with van der Waals surface area (Å²) in [5.74, 6) is 6.10. The zero-order chi connectivity index (χ0) is 11.0. The Morgan fingerprint density at radius 3 is 2.27 bits per heavy atom. The summed E-state index contributed by atoms with van der Waals surface area (Å²) in [5, 5.41) is 0. The Balaban J connectivity index is 2.10. The molecule has 0 saturated heterocycles. The molecule has 0 bridgehead atoms. The molecule has 0 aromatic carbocycles. The van der Waals surface area contributed by atoms with Gasteiger partial charge in [0.05, 0.1) is 0 Å². The van der Waals surface area contributed by atoms with Crippen LogP contribution >= 0.6 is 0 Å². The minimum Gasteiger partial charge on any atom is -0.0625 e. The van der Waals surface area contributed by atoms with Gasteiger partial charge in [-0.15, -0.1) is 0 Å². The van der Waals surface area contributed by atoms with Gasteiger partial charge in [-0.25, -0.2) is 0 Å². The van der Waals surface area contributed by atoms with Gasteiger partial charge in [0, 0.05) is 0 Å². The van der Waals surface area contributed by atoms with Crippen LogP contribution in [-0.2, 0) is 0 Å². The maximum absolute atomic E-state index is 2.50. The van der Waals surface area contributed by atoms with E-state index >= 15 is 0 Å². The molecule has 0 unspecified atom stereocenters. The van der Waals surface area contributed by atoms with Gasteiger partial charge in [-0.3, -0.25) is 0 Å². The molecule has 2 saturated carbocycles. The Hall–Kier alpha value is 0. The predicted molar refractivity (Wildman–Crippen MR) is 66.7 cm³/mol. The van der Waals surface area contributed by atoms with Crippen LogP contribution < -0.4 is 0 Å². The lowest BCUT2D eigenvalue weighted by Crippen LogP contribution is -2.39. The topological polar surface area (TPSA) is 0 Å². The standard InChI is InChI=1S/C15H28/c1-10(2)13-8-6-12(4)14-7-5-11(3)9-15(13)14/h10-15H,5-9H2,1-4H3/t11-,12-,13-,14-,15+/m0/s1. The second kappa shape index (κ2) is 4.47. The average molecular weight is 208 g/mol. The Morgan fingerprint density at radius 2 is 1.60 bits per heavy atom. The van der Waals surface area contributed by atoms with Crippen molar-refractivity contribution in [1.82, 2.24) is 0 Å². The number of fused-ring (bicyclic) bond motifs is 1. The third kappa shape index (κ3) is 2.24. The summed E-state index contributed by atoms with van der Waals surface area (Å²) < 4.78 is 0. The molecule has 0 nitrogen and oxygen atoms in total. The van der Waals surface area contributed by atoms with E-state index in [0.29, 0.717) is 0 Å². The monoisotopic (exact) mass is 208 g/mol. The molecule has 2 aliphatic carbocycles. The smallest absolute Gasteiger partial charge is 0.0350 e. The maximum atomic E-state index is 2.50. The van der Waals surface area contributed by atoms with Crippen molar-refractivity contribution in [2.75, 3.05) is 0 Å². The maximum Gasteiger partial charge on any atom is -0.0350 e. The summed E-state index contributed by atoms with van der Waals surface area (Å²) >= 11 is 0. The van der Waals surface area contributed by atoms with Gasteiger partial charge >= 0.3 is 0 Å². The second-order valence-electron chi connectivity index (χ2n) is 6.71. The summed E-state index contributed by atoms with van der Waals surface area (Å²) in [4.78, 5) is 0. The van der Waals surface area contributed by atoms with Crippen molar-refractivity contribution in [2.45, 2.75) is 59.8 Å². The van der Waals surface area contributed by atoms with Crippen LogP contribution in [0.3, 0.4) is 0 Å². The Labute approximate surface area is 95.8 Å². The van der Waals surface area contributed by atoms with Gasteiger partial charge in [0.2, 0.25) is 0 Å². The summed E-state index contributed by atoms with van der Waals surface area (Å²) in [6.45, 7) is 9.85. The molecule has 88 valence electrons. The van der Waals surface area contributed by atoms with Crippen molar-refractivity contribution in [3.05, 3.63) is 0 Å². The molecule has 0 radical (unpaired) electrons. The summed E-state index contributed by atoms with van der Waals surface area (Å²) in [6, 6.07) is 0. The van der Waals surface area contributed by atoms with Gasteiger partial charge in [-0.1, -0.05) is 40.5 Å². The predicted octanol–water partition coefficient (Wildman–Crippen LogP) is 4.74. The SMILES string of the molecule is CC(C)[C@@H]1CC[C@H](C)[C@@H]2CC[C@H](C)C[C@@H]21. The lowest BCUT2D eigenvalue weighted by Gasteiger charge is -2.48. The molecule has 0 heteroatoms. The number of hydrogen-bond donors (Lipinski definition) is 0. The quantitative estimate of drug-likeness (QED) is 0.584. The molecule has 2 fully saturated rings. The fourth-order valence-electron chi connectivity index (χ4n) is 4.36. The second-order valence-corrected chi connectivity index (χ2v) is 6.71. The summed E-state index contributed by atoms with van der Waals surface area (Å²) in [7, 11) is 0. The van der Waals surface area contributed by atoms with E-state index in [4.69, 9.17) is 0 Å². The van der Waals surface area contributed by atoms with E-state index in [2.05, 4.69) is 27.7 Å². The van der Waals surface area contributed by atoms with Gasteiger partial charge < -0.3 is 0 Å². The third-order valence-electron chi connectivity index (χ3n) is 5.31. The highest BCUT2D eigenvalue weighted by Gasteiger charge is 2.41. The van der Waals surface area contributed by atoms with Crippen molar-refractivity contribution in [1.29, 1.82) is 0 Å². The highest BCUT2D eigenvalue weighted by Crippen LogP contribution is 2.50. The third-order valence-corrected chi connectivity index (χ3v) is 5.31. The lowest BCUT2D eigenvalue weighted by molar-refractivity contribution is 0.0182. The zero-order valence-corrected chi connectivity index (χ0v) is 11.0. The summed E-state index contributed by atoms with van der Waals surface area (Å²) in [6.07, 6.45) is 7.55. The van der Waals surface area contributed by atoms with Gasteiger partial charge in [-0.05, 0) is 54.8 Å². The first kappa shape index (κ1) is 11.5. The van der Waals surface area contributed by atoms with E-state index in [1.807, 2.05) is 0 Å². The molecule has 2 aliphatic rings. The zero-order valence-electron chi connectivity index (χ0n) is 11.0. The van der Waals surface area contributed by atoms with Crippen molar-refractivity contribution >= 4 is 0 Å². The van der Waals surface area contributed by atoms with Gasteiger partial charge in [0.15, 0.2) is 0 Å². The number of rotatable bonds is 1. The molecule has 2 rings (SSSR count). The Kier molecular flexibility index (Phi) is 3.42. The van der Waals surface area contributed by atoms with E-state index in [0.717, 1.165) is 35.5 Å². The van der Waals surface area contributed by atoms with Crippen molar-refractivity contribution in [3.8, 4) is 0 Å². The molecule has 0 heterocycles. The molecule has 5 atom stereocenters. The molecular weight excluding hydrogens is 180 g/mol. The van der Waals surface area contributed by atoms with Crippen LogP contribution in [0.4, 0.5) is 0 Å². The van der Waals surface area contributed by atoms with Crippen molar-refractivity contribution in [2.24, 2.45) is 35.5 Å². The molecule has 0 aliphatic heterocycles. The highest BCUT2D eigenvalue weighted by atomic mass is 14.5. The van der Waals surface area contributed by atoms with E-state index < -0.39 is 0 Å². The fourth-order valence-corrected chi connectivity index (χ4v) is 4.36. The minimum absolute atomic E-state index is 0.912. The van der Waals surface area contributed by atoms with E-state index in [9.17, 15) is 0 Å². The van der Waals surface area contributed by atoms with Gasteiger partial charge in [0.25, 0.3) is 0 Å². The first-order valence-electron chi connectivity index (χ1n) is 7.09. The molecule has 0 aromatic heterocycles. The Bertz CT molecular complexity index is 202. The fraction of sp³-hybridized carbons (Fsp3) is 1.00. The van der Waals surface area contributed by atoms with Crippen LogP contribution in [0, 0.1) is 35.5 Å². The largest absolute Gasteiger partial charge is 0.0625 e. The van der Waals surface area contributed by atoms with Crippen LogP contribution in [0.25, 0.3) is 0 Å². The minimum atomic E-state index is 0.912. The molecule has 15 heavy (non-hydrogen) atoms. The van der Waals surface area contributed by atoms with E-state index in [1.54, 1.807) is 0 Å². The average Bonchev–Trinajstić information content (AvgIpc) is 2.17. The van der Waals surface area contributed by atoms with Crippen molar-refractivity contribution < 1.29 is 0 Å². The summed E-state index contributed by atoms with van der Waals surface area (Å²) in [5.41, 5.74) is 0. The first-order chi connectivity index (χ1) is 7.09. The van der Waals surface area contributed by atoms with E-state index in [1.165, 1.54) is 32.1 Å². The number of hydrogen-bond acceptors (Lipinski definition) is 0. The van der Waals surface area contributed by atoms with Crippen LogP contribution in [0.2, 0.25) is 0 Å². The van der Waals surface area contributed by atoms with Crippen molar-refractivity contribution in [3.63, 3.8) is 0 Å². The molecule has 0 amide bonds. The van der Waals surface area contributed by atoms with Gasteiger partial charge in [-0.2, -0.15) is 0 Å². The van der Waals surface area contributed by atoms with Crippen LogP contribution in [0.5, 0.6) is 0 Å². The van der Waals surface area contributed by atoms with Crippen LogP contribution in [0.1, 0.15) is 59.8 Å². The van der Waals surface area contributed by atoms with E-state index in [-0.39, 0.29) is 0 Å². The van der Waals surface area contributed by atoms with Crippen LogP contribution in [0.15, 0.2) is 0 Å². The molecular formula is C15H28. The Morgan fingerprint density at radius 1 is 0.867 bits per heavy atom. The molecule has 0 N–H and O–H groups in total. The molecule has 0 spiro atoms.